The van der Waals surface area contributed by atoms with Gasteiger partial charge in [0, 0.05) is 26.2 Å². The van der Waals surface area contributed by atoms with E-state index in [-0.39, 0.29) is 38.5 Å². The molecule has 0 aliphatic rings. The molecule has 0 aromatic carbocycles. The normalized spacial score (nSPS) is 11.0. The highest BCUT2D eigenvalue weighted by molar-refractivity contribution is 5.77. The number of rotatable bonds is 16. The second-order valence-electron chi connectivity index (χ2n) is 5.37. The standard InChI is InChI=1S/C15H25N3O6/c1-14(22)12-18(8-11-21)5-4-17(13-15(23)24)3-2-16(6-9-19)7-10-20/h9-11H,2-8,12-13H2,1H3,(H,23,24). The van der Waals surface area contributed by atoms with Gasteiger partial charge in [0.25, 0.3) is 0 Å². The third kappa shape index (κ3) is 11.6. The van der Waals surface area contributed by atoms with Crippen LogP contribution in [-0.2, 0) is 24.0 Å². The maximum absolute atomic E-state index is 11.2. The lowest BCUT2D eigenvalue weighted by Crippen LogP contribution is -2.43. The Morgan fingerprint density at radius 3 is 1.58 bits per heavy atom. The molecule has 0 atom stereocenters. The van der Waals surface area contributed by atoms with Gasteiger partial charge < -0.3 is 19.5 Å². The number of ketones is 1. The molecule has 0 rings (SSSR count). The summed E-state index contributed by atoms with van der Waals surface area (Å²) in [4.78, 5) is 58.8. The summed E-state index contributed by atoms with van der Waals surface area (Å²) in [6.07, 6.45) is 2.06. The molecule has 9 heteroatoms. The zero-order valence-corrected chi connectivity index (χ0v) is 13.9. The first-order valence-electron chi connectivity index (χ1n) is 7.62. The number of carbonyl (C=O) groups excluding carboxylic acids is 4. The number of aldehydes is 3. The topological polar surface area (TPSA) is 115 Å². The monoisotopic (exact) mass is 343 g/mol. The number of hydrogen-bond donors (Lipinski definition) is 1. The van der Waals surface area contributed by atoms with Crippen molar-refractivity contribution in [3.8, 4) is 0 Å². The van der Waals surface area contributed by atoms with E-state index < -0.39 is 5.97 Å². The molecule has 0 saturated carbocycles. The van der Waals surface area contributed by atoms with Crippen LogP contribution in [0, 0.1) is 0 Å². The van der Waals surface area contributed by atoms with Crippen molar-refractivity contribution in [1.29, 1.82) is 0 Å². The van der Waals surface area contributed by atoms with Crippen molar-refractivity contribution in [2.75, 3.05) is 58.9 Å². The summed E-state index contributed by atoms with van der Waals surface area (Å²) in [6.45, 7) is 3.08. The van der Waals surface area contributed by atoms with E-state index in [4.69, 9.17) is 5.11 Å². The van der Waals surface area contributed by atoms with E-state index in [0.717, 1.165) is 0 Å². The molecular weight excluding hydrogens is 318 g/mol. The Hall–Kier alpha value is -1.97. The molecule has 0 spiro atoms. The second kappa shape index (κ2) is 13.5. The molecule has 0 aliphatic heterocycles. The molecule has 9 nitrogen and oxygen atoms in total. The summed E-state index contributed by atoms with van der Waals surface area (Å²) < 4.78 is 0. The molecular formula is C15H25N3O6. The lowest BCUT2D eigenvalue weighted by Gasteiger charge is -2.27. The molecule has 0 fully saturated rings. The van der Waals surface area contributed by atoms with Gasteiger partial charge in [-0.2, -0.15) is 0 Å². The van der Waals surface area contributed by atoms with Gasteiger partial charge in [-0.1, -0.05) is 0 Å². The summed E-state index contributed by atoms with van der Waals surface area (Å²) in [6, 6.07) is 0. The number of aliphatic carboxylic acids is 1. The predicted octanol–water partition coefficient (Wildman–Crippen LogP) is -1.84. The van der Waals surface area contributed by atoms with Crippen molar-refractivity contribution >= 4 is 30.6 Å². The molecule has 0 saturated heterocycles. The summed E-state index contributed by atoms with van der Waals surface area (Å²) in [5.41, 5.74) is 0. The highest BCUT2D eigenvalue weighted by atomic mass is 16.4. The van der Waals surface area contributed by atoms with Crippen LogP contribution in [0.4, 0.5) is 0 Å². The quantitative estimate of drug-likeness (QED) is 0.323. The van der Waals surface area contributed by atoms with Crippen LogP contribution in [0.2, 0.25) is 0 Å². The average molecular weight is 343 g/mol. The van der Waals surface area contributed by atoms with Crippen LogP contribution < -0.4 is 0 Å². The van der Waals surface area contributed by atoms with Gasteiger partial charge in [-0.15, -0.1) is 0 Å². The summed E-state index contributed by atoms with van der Waals surface area (Å²) in [5, 5.41) is 8.98. The molecule has 0 aromatic rings. The maximum atomic E-state index is 11.2. The van der Waals surface area contributed by atoms with Gasteiger partial charge in [-0.05, 0) is 6.92 Å². The van der Waals surface area contributed by atoms with Crippen LogP contribution in [0.25, 0.3) is 0 Å². The van der Waals surface area contributed by atoms with Crippen molar-refractivity contribution < 1.29 is 29.1 Å². The lowest BCUT2D eigenvalue weighted by molar-refractivity contribution is -0.138. The van der Waals surface area contributed by atoms with E-state index >= 15 is 0 Å². The first-order valence-corrected chi connectivity index (χ1v) is 7.62. The highest BCUT2D eigenvalue weighted by Gasteiger charge is 2.14. The molecule has 0 unspecified atom stereocenters. The Bertz CT molecular complexity index is 419. The van der Waals surface area contributed by atoms with E-state index in [0.29, 0.717) is 45.0 Å². The highest BCUT2D eigenvalue weighted by Crippen LogP contribution is 1.95. The fourth-order valence-electron chi connectivity index (χ4n) is 2.15. The largest absolute Gasteiger partial charge is 0.480 e. The SMILES string of the molecule is CC(=O)CN(CC=O)CCN(CCN(CC=O)CC=O)CC(=O)O. The number of carbonyl (C=O) groups is 5. The van der Waals surface area contributed by atoms with Crippen LogP contribution >= 0.6 is 0 Å². The van der Waals surface area contributed by atoms with E-state index in [1.165, 1.54) is 6.92 Å². The Morgan fingerprint density at radius 2 is 1.17 bits per heavy atom. The Morgan fingerprint density at radius 1 is 0.750 bits per heavy atom. The molecule has 0 aliphatic carbocycles. The molecule has 1 N–H and O–H groups in total. The van der Waals surface area contributed by atoms with Gasteiger partial charge in [0.05, 0.1) is 32.7 Å². The van der Waals surface area contributed by atoms with E-state index in [1.54, 1.807) is 14.7 Å². The van der Waals surface area contributed by atoms with Gasteiger partial charge in [0.15, 0.2) is 0 Å². The number of carboxylic acid groups (broad SMARTS) is 1. The molecule has 136 valence electrons. The molecule has 0 heterocycles. The number of carboxylic acids is 1. The minimum absolute atomic E-state index is 0.0789. The number of nitrogens with zero attached hydrogens (tertiary/aromatic N) is 3. The fraction of sp³-hybridized carbons (Fsp3) is 0.667. The van der Waals surface area contributed by atoms with E-state index in [9.17, 15) is 24.0 Å². The van der Waals surface area contributed by atoms with Crippen LogP contribution in [0.15, 0.2) is 0 Å². The van der Waals surface area contributed by atoms with Crippen molar-refractivity contribution in [1.82, 2.24) is 14.7 Å². The smallest absolute Gasteiger partial charge is 0.317 e. The van der Waals surface area contributed by atoms with Gasteiger partial charge in [0.1, 0.15) is 24.6 Å². The van der Waals surface area contributed by atoms with Crippen LogP contribution in [0.5, 0.6) is 0 Å². The fourth-order valence-corrected chi connectivity index (χ4v) is 2.15. The zero-order valence-electron chi connectivity index (χ0n) is 13.9. The predicted molar refractivity (Wildman–Crippen MR) is 85.8 cm³/mol. The van der Waals surface area contributed by atoms with Crippen molar-refractivity contribution in [3.05, 3.63) is 0 Å². The summed E-state index contributed by atoms with van der Waals surface area (Å²) in [7, 11) is 0. The average Bonchev–Trinajstić information content (AvgIpc) is 2.49. The molecule has 24 heavy (non-hydrogen) atoms. The third-order valence-electron chi connectivity index (χ3n) is 3.27. The Kier molecular flexibility index (Phi) is 12.4. The second-order valence-corrected chi connectivity index (χ2v) is 5.37. The minimum Gasteiger partial charge on any atom is -0.480 e. The minimum atomic E-state index is -0.999. The first-order chi connectivity index (χ1) is 11.4. The number of Topliss-reactive ketones (excluding diaryl/α,β-unsaturated/α-hetero) is 1. The zero-order chi connectivity index (χ0) is 18.4. The third-order valence-corrected chi connectivity index (χ3v) is 3.27. The van der Waals surface area contributed by atoms with Gasteiger partial charge >= 0.3 is 5.97 Å². The lowest BCUT2D eigenvalue weighted by atomic mass is 10.3. The van der Waals surface area contributed by atoms with Gasteiger partial charge in [-0.3, -0.25) is 24.3 Å². The Labute approximate surface area is 141 Å². The first kappa shape index (κ1) is 22.0. The van der Waals surface area contributed by atoms with E-state index in [1.807, 2.05) is 0 Å². The van der Waals surface area contributed by atoms with Crippen molar-refractivity contribution in [2.45, 2.75) is 6.92 Å². The molecule has 0 aromatic heterocycles. The van der Waals surface area contributed by atoms with Gasteiger partial charge in [-0.25, -0.2) is 0 Å². The summed E-state index contributed by atoms with van der Waals surface area (Å²) in [5.74, 6) is -1.08. The van der Waals surface area contributed by atoms with Crippen LogP contribution in [0.3, 0.4) is 0 Å². The van der Waals surface area contributed by atoms with E-state index in [2.05, 4.69) is 0 Å². The van der Waals surface area contributed by atoms with Crippen LogP contribution in [0.1, 0.15) is 6.92 Å². The molecule has 0 radical (unpaired) electrons. The van der Waals surface area contributed by atoms with Gasteiger partial charge in [0.2, 0.25) is 0 Å². The van der Waals surface area contributed by atoms with Crippen LogP contribution in [-0.4, -0.2) is 109 Å². The maximum Gasteiger partial charge on any atom is 0.317 e. The molecule has 0 amide bonds. The van der Waals surface area contributed by atoms with Crippen molar-refractivity contribution in [2.24, 2.45) is 0 Å². The molecule has 0 bridgehead atoms. The summed E-state index contributed by atoms with van der Waals surface area (Å²) >= 11 is 0. The Balaban J connectivity index is 4.59. The number of hydrogen-bond acceptors (Lipinski definition) is 8. The van der Waals surface area contributed by atoms with Crippen molar-refractivity contribution in [3.63, 3.8) is 0 Å².